The largest absolute Gasteiger partial charge is 0.455 e. The predicted octanol–water partition coefficient (Wildman–Crippen LogP) is 3.73. The SMILES string of the molecule is Cc1c(C(=O)N2CCCN(C(=O)c3ccccc3)CC2)oc2c1C(=O)CC(C)(C)C2. The summed E-state index contributed by atoms with van der Waals surface area (Å²) < 4.78 is 5.95. The zero-order valence-corrected chi connectivity index (χ0v) is 17.9. The molecule has 4 rings (SSSR count). The second kappa shape index (κ2) is 7.74. The van der Waals surface area contributed by atoms with Crippen LogP contribution in [0.1, 0.15) is 69.3 Å². The number of ketones is 1. The van der Waals surface area contributed by atoms with E-state index >= 15 is 0 Å². The summed E-state index contributed by atoms with van der Waals surface area (Å²) in [5, 5.41) is 0. The molecule has 1 aromatic carbocycles. The number of amides is 2. The lowest BCUT2D eigenvalue weighted by atomic mass is 9.76. The molecule has 1 aromatic heterocycles. The number of rotatable bonds is 2. The third kappa shape index (κ3) is 3.78. The first kappa shape index (κ1) is 20.4. The van der Waals surface area contributed by atoms with Gasteiger partial charge in [-0.15, -0.1) is 0 Å². The molecule has 0 spiro atoms. The molecule has 1 aliphatic heterocycles. The van der Waals surface area contributed by atoms with Crippen molar-refractivity contribution in [3.05, 3.63) is 58.5 Å². The quantitative estimate of drug-likeness (QED) is 0.759. The van der Waals surface area contributed by atoms with Crippen molar-refractivity contribution in [3.8, 4) is 0 Å². The summed E-state index contributed by atoms with van der Waals surface area (Å²) in [4.78, 5) is 42.1. The number of carbonyl (C=O) groups excluding carboxylic acids is 3. The van der Waals surface area contributed by atoms with Crippen LogP contribution in [-0.2, 0) is 6.42 Å². The zero-order valence-electron chi connectivity index (χ0n) is 17.9. The van der Waals surface area contributed by atoms with E-state index in [2.05, 4.69) is 0 Å². The monoisotopic (exact) mass is 408 g/mol. The highest BCUT2D eigenvalue weighted by atomic mass is 16.4. The van der Waals surface area contributed by atoms with Crippen molar-refractivity contribution in [2.24, 2.45) is 5.41 Å². The van der Waals surface area contributed by atoms with Crippen LogP contribution in [-0.4, -0.2) is 53.6 Å². The van der Waals surface area contributed by atoms with Crippen molar-refractivity contribution in [1.82, 2.24) is 9.80 Å². The van der Waals surface area contributed by atoms with E-state index in [0.717, 1.165) is 0 Å². The number of hydrogen-bond acceptors (Lipinski definition) is 4. The molecule has 1 aliphatic carbocycles. The molecule has 0 atom stereocenters. The Morgan fingerprint density at radius 3 is 2.23 bits per heavy atom. The van der Waals surface area contributed by atoms with Gasteiger partial charge in [-0.05, 0) is 30.9 Å². The van der Waals surface area contributed by atoms with Gasteiger partial charge >= 0.3 is 0 Å². The Morgan fingerprint density at radius 1 is 0.933 bits per heavy atom. The molecule has 0 radical (unpaired) electrons. The molecule has 2 aliphatic rings. The standard InChI is InChI=1S/C24H28N2O4/c1-16-20-18(27)14-24(2,3)15-19(20)30-21(16)23(29)26-11-7-10-25(12-13-26)22(28)17-8-5-4-6-9-17/h4-6,8-9H,7,10-15H2,1-3H3. The van der Waals surface area contributed by atoms with Crippen LogP contribution in [0, 0.1) is 12.3 Å². The molecule has 30 heavy (non-hydrogen) atoms. The molecule has 0 N–H and O–H groups in total. The molecule has 0 unspecified atom stereocenters. The van der Waals surface area contributed by atoms with Crippen molar-refractivity contribution in [3.63, 3.8) is 0 Å². The lowest BCUT2D eigenvalue weighted by Crippen LogP contribution is -2.37. The number of hydrogen-bond donors (Lipinski definition) is 0. The molecule has 2 aromatic rings. The Bertz CT molecular complexity index is 990. The molecule has 2 amide bonds. The average molecular weight is 408 g/mol. The molecule has 6 heteroatoms. The Balaban J connectivity index is 1.50. The molecule has 0 saturated carbocycles. The highest BCUT2D eigenvalue weighted by Crippen LogP contribution is 2.38. The van der Waals surface area contributed by atoms with Crippen LogP contribution in [0.3, 0.4) is 0 Å². The number of nitrogens with zero attached hydrogens (tertiary/aromatic N) is 2. The minimum Gasteiger partial charge on any atom is -0.455 e. The number of Topliss-reactive ketones (excluding diaryl/α,β-unsaturated/α-hetero) is 1. The maximum Gasteiger partial charge on any atom is 0.289 e. The highest BCUT2D eigenvalue weighted by Gasteiger charge is 2.38. The van der Waals surface area contributed by atoms with Gasteiger partial charge in [0.15, 0.2) is 11.5 Å². The lowest BCUT2D eigenvalue weighted by Gasteiger charge is -2.27. The highest BCUT2D eigenvalue weighted by molar-refractivity contribution is 6.03. The molecular weight excluding hydrogens is 380 g/mol. The second-order valence-electron chi connectivity index (χ2n) is 9.10. The minimum atomic E-state index is -0.193. The van der Waals surface area contributed by atoms with Crippen LogP contribution in [0.2, 0.25) is 0 Å². The van der Waals surface area contributed by atoms with Gasteiger partial charge in [-0.3, -0.25) is 14.4 Å². The van der Waals surface area contributed by atoms with Crippen LogP contribution in [0.25, 0.3) is 0 Å². The van der Waals surface area contributed by atoms with Gasteiger partial charge in [0.1, 0.15) is 5.76 Å². The number of carbonyl (C=O) groups is 3. The number of benzene rings is 1. The molecule has 1 saturated heterocycles. The molecule has 6 nitrogen and oxygen atoms in total. The molecule has 1 fully saturated rings. The third-order valence-corrected chi connectivity index (χ3v) is 6.06. The first-order valence-electron chi connectivity index (χ1n) is 10.6. The normalized spacial score (nSPS) is 18.7. The van der Waals surface area contributed by atoms with Crippen LogP contribution < -0.4 is 0 Å². The fourth-order valence-corrected chi connectivity index (χ4v) is 4.52. The topological polar surface area (TPSA) is 70.8 Å². The van der Waals surface area contributed by atoms with Crippen LogP contribution in [0.5, 0.6) is 0 Å². The van der Waals surface area contributed by atoms with Crippen molar-refractivity contribution in [2.75, 3.05) is 26.2 Å². The molecule has 2 heterocycles. The van der Waals surface area contributed by atoms with Crippen molar-refractivity contribution < 1.29 is 18.8 Å². The van der Waals surface area contributed by atoms with Gasteiger partial charge in [0, 0.05) is 50.1 Å². The summed E-state index contributed by atoms with van der Waals surface area (Å²) in [6, 6.07) is 9.21. The summed E-state index contributed by atoms with van der Waals surface area (Å²) in [6.07, 6.45) is 1.82. The van der Waals surface area contributed by atoms with E-state index in [-0.39, 0.29) is 28.8 Å². The lowest BCUT2D eigenvalue weighted by molar-refractivity contribution is 0.0696. The number of fused-ring (bicyclic) bond motifs is 1. The maximum absolute atomic E-state index is 13.2. The van der Waals surface area contributed by atoms with E-state index in [1.165, 1.54) is 0 Å². The zero-order chi connectivity index (χ0) is 21.5. The van der Waals surface area contributed by atoms with E-state index in [4.69, 9.17) is 4.42 Å². The van der Waals surface area contributed by atoms with E-state index in [1.807, 2.05) is 44.2 Å². The van der Waals surface area contributed by atoms with Crippen LogP contribution in [0.15, 0.2) is 34.7 Å². The molecule has 0 bridgehead atoms. The first-order chi connectivity index (χ1) is 14.3. The molecule has 158 valence electrons. The average Bonchev–Trinajstić information content (AvgIpc) is 2.88. The predicted molar refractivity (Wildman–Crippen MR) is 113 cm³/mol. The Labute approximate surface area is 176 Å². The van der Waals surface area contributed by atoms with E-state index in [1.54, 1.807) is 16.7 Å². The Morgan fingerprint density at radius 2 is 1.57 bits per heavy atom. The Kier molecular flexibility index (Phi) is 5.26. The number of furan rings is 1. The smallest absolute Gasteiger partial charge is 0.289 e. The second-order valence-corrected chi connectivity index (χ2v) is 9.10. The van der Waals surface area contributed by atoms with Gasteiger partial charge in [0.05, 0.1) is 5.56 Å². The summed E-state index contributed by atoms with van der Waals surface area (Å²) in [5.41, 5.74) is 1.74. The van der Waals surface area contributed by atoms with E-state index in [0.29, 0.717) is 67.9 Å². The van der Waals surface area contributed by atoms with Crippen LogP contribution in [0.4, 0.5) is 0 Å². The summed E-state index contributed by atoms with van der Waals surface area (Å²) >= 11 is 0. The third-order valence-electron chi connectivity index (χ3n) is 6.06. The van der Waals surface area contributed by atoms with Gasteiger partial charge in [0.2, 0.25) is 0 Å². The summed E-state index contributed by atoms with van der Waals surface area (Å²) in [6.45, 7) is 7.97. The van der Waals surface area contributed by atoms with E-state index in [9.17, 15) is 14.4 Å². The van der Waals surface area contributed by atoms with Gasteiger partial charge in [-0.2, -0.15) is 0 Å². The Hall–Kier alpha value is -2.89. The summed E-state index contributed by atoms with van der Waals surface area (Å²) in [7, 11) is 0. The van der Waals surface area contributed by atoms with Gasteiger partial charge < -0.3 is 14.2 Å². The maximum atomic E-state index is 13.2. The van der Waals surface area contributed by atoms with Crippen molar-refractivity contribution in [1.29, 1.82) is 0 Å². The fourth-order valence-electron chi connectivity index (χ4n) is 4.52. The first-order valence-corrected chi connectivity index (χ1v) is 10.6. The van der Waals surface area contributed by atoms with Crippen molar-refractivity contribution in [2.45, 2.75) is 40.0 Å². The van der Waals surface area contributed by atoms with Gasteiger partial charge in [-0.25, -0.2) is 0 Å². The van der Waals surface area contributed by atoms with Crippen LogP contribution >= 0.6 is 0 Å². The van der Waals surface area contributed by atoms with E-state index < -0.39 is 0 Å². The molecular formula is C24H28N2O4. The fraction of sp³-hybridized carbons (Fsp3) is 0.458. The van der Waals surface area contributed by atoms with Crippen molar-refractivity contribution >= 4 is 17.6 Å². The van der Waals surface area contributed by atoms with Gasteiger partial charge in [0.25, 0.3) is 11.8 Å². The van der Waals surface area contributed by atoms with Gasteiger partial charge in [-0.1, -0.05) is 32.0 Å². The minimum absolute atomic E-state index is 0.0117. The summed E-state index contributed by atoms with van der Waals surface area (Å²) in [5.74, 6) is 0.752.